The summed E-state index contributed by atoms with van der Waals surface area (Å²) < 4.78 is 6.40. The summed E-state index contributed by atoms with van der Waals surface area (Å²) in [5, 5.41) is 15.5. The fourth-order valence-corrected chi connectivity index (χ4v) is 5.46. The minimum atomic E-state index is -0.527. The normalized spacial score (nSPS) is 13.7. The average Bonchev–Trinajstić information content (AvgIpc) is 3.29. The van der Waals surface area contributed by atoms with Gasteiger partial charge in [0.15, 0.2) is 0 Å². The first-order valence-corrected chi connectivity index (χ1v) is 12.3. The summed E-state index contributed by atoms with van der Waals surface area (Å²) in [6.45, 7) is 2.16. The summed E-state index contributed by atoms with van der Waals surface area (Å²) >= 11 is 14.4. The minimum absolute atomic E-state index is 0.175. The molecule has 0 saturated carbocycles. The van der Waals surface area contributed by atoms with Crippen LogP contribution < -0.4 is 10.2 Å². The van der Waals surface area contributed by atoms with E-state index in [0.717, 1.165) is 10.2 Å². The van der Waals surface area contributed by atoms with Crippen molar-refractivity contribution in [1.82, 2.24) is 4.98 Å². The molecule has 11 heteroatoms. The molecule has 1 fully saturated rings. The second kappa shape index (κ2) is 9.79. The van der Waals surface area contributed by atoms with E-state index in [1.165, 1.54) is 23.5 Å². The van der Waals surface area contributed by atoms with Crippen LogP contribution in [0.5, 0.6) is 0 Å². The number of hydrogen-bond acceptors (Lipinski definition) is 7. The van der Waals surface area contributed by atoms with E-state index in [4.69, 9.17) is 27.9 Å². The fourth-order valence-electron chi connectivity index (χ4n) is 3.89. The van der Waals surface area contributed by atoms with Crippen molar-refractivity contribution in [3.8, 4) is 10.6 Å². The number of para-hydroxylation sites is 1. The number of morpholine rings is 1. The first kappa shape index (κ1) is 23.5. The molecule has 1 N–H and O–H groups in total. The number of carbonyl (C=O) groups is 1. The fraction of sp³-hybridized carbons (Fsp3) is 0.167. The predicted octanol–water partition coefficient (Wildman–Crippen LogP) is 6.27. The smallest absolute Gasteiger partial charge is 0.270 e. The molecule has 0 spiro atoms. The average molecular weight is 529 g/mol. The zero-order valence-electron chi connectivity index (χ0n) is 18.2. The zero-order valence-corrected chi connectivity index (χ0v) is 20.5. The van der Waals surface area contributed by atoms with Gasteiger partial charge in [0, 0.05) is 30.8 Å². The highest BCUT2D eigenvalue weighted by Crippen LogP contribution is 2.39. The van der Waals surface area contributed by atoms with Crippen LogP contribution in [0.25, 0.3) is 20.8 Å². The molecule has 4 aromatic rings. The molecule has 8 nitrogen and oxygen atoms in total. The van der Waals surface area contributed by atoms with Crippen molar-refractivity contribution in [1.29, 1.82) is 0 Å². The summed E-state index contributed by atoms with van der Waals surface area (Å²) in [4.78, 5) is 30.9. The van der Waals surface area contributed by atoms with Gasteiger partial charge >= 0.3 is 0 Å². The van der Waals surface area contributed by atoms with Crippen LogP contribution in [0.3, 0.4) is 0 Å². The van der Waals surface area contributed by atoms with Crippen LogP contribution in [0.2, 0.25) is 10.0 Å². The molecule has 0 atom stereocenters. The Kier molecular flexibility index (Phi) is 6.57. The number of thiazole rings is 1. The number of amides is 1. The van der Waals surface area contributed by atoms with E-state index in [9.17, 15) is 14.9 Å². The third kappa shape index (κ3) is 4.81. The quantitative estimate of drug-likeness (QED) is 0.242. The van der Waals surface area contributed by atoms with Gasteiger partial charge in [0.2, 0.25) is 0 Å². The number of non-ortho nitro benzene ring substituents is 1. The van der Waals surface area contributed by atoms with E-state index >= 15 is 0 Å². The lowest BCUT2D eigenvalue weighted by atomic mass is 10.1. The van der Waals surface area contributed by atoms with E-state index in [-0.39, 0.29) is 16.3 Å². The van der Waals surface area contributed by atoms with Gasteiger partial charge in [-0.3, -0.25) is 14.9 Å². The lowest BCUT2D eigenvalue weighted by Crippen LogP contribution is -2.37. The number of nitrogens with one attached hydrogen (secondary N) is 1. The molecular weight excluding hydrogens is 511 g/mol. The third-order valence-corrected chi connectivity index (χ3v) is 7.31. The molecule has 178 valence electrons. The predicted molar refractivity (Wildman–Crippen MR) is 139 cm³/mol. The van der Waals surface area contributed by atoms with Crippen molar-refractivity contribution in [2.75, 3.05) is 36.5 Å². The topological polar surface area (TPSA) is 97.6 Å². The van der Waals surface area contributed by atoms with Crippen molar-refractivity contribution in [2.45, 2.75) is 0 Å². The van der Waals surface area contributed by atoms with E-state index in [1.54, 1.807) is 18.2 Å². The van der Waals surface area contributed by atoms with E-state index < -0.39 is 10.8 Å². The molecule has 35 heavy (non-hydrogen) atoms. The number of benzene rings is 3. The lowest BCUT2D eigenvalue weighted by molar-refractivity contribution is -0.384. The monoisotopic (exact) mass is 528 g/mol. The van der Waals surface area contributed by atoms with Crippen LogP contribution >= 0.6 is 34.5 Å². The number of fused-ring (bicyclic) bond motifs is 1. The highest BCUT2D eigenvalue weighted by Gasteiger charge is 2.23. The summed E-state index contributed by atoms with van der Waals surface area (Å²) in [7, 11) is 0. The number of aromatic nitrogens is 1. The van der Waals surface area contributed by atoms with Crippen LogP contribution in [0.4, 0.5) is 17.1 Å². The molecule has 1 saturated heterocycles. The number of anilines is 2. The van der Waals surface area contributed by atoms with E-state index in [1.807, 2.05) is 29.2 Å². The Balaban J connectivity index is 1.51. The van der Waals surface area contributed by atoms with Gasteiger partial charge in [0.05, 0.1) is 55.3 Å². The van der Waals surface area contributed by atoms with Crippen LogP contribution in [0, 0.1) is 10.1 Å². The molecule has 0 bridgehead atoms. The third-order valence-electron chi connectivity index (χ3n) is 5.62. The Morgan fingerprint density at radius 3 is 2.60 bits per heavy atom. The van der Waals surface area contributed by atoms with E-state index in [0.29, 0.717) is 53.3 Å². The first-order chi connectivity index (χ1) is 16.9. The molecular formula is C24H18Cl2N4O4S. The van der Waals surface area contributed by atoms with Crippen molar-refractivity contribution >= 4 is 67.7 Å². The highest BCUT2D eigenvalue weighted by molar-refractivity contribution is 7.21. The van der Waals surface area contributed by atoms with Crippen LogP contribution in [0.1, 0.15) is 10.4 Å². The summed E-state index contributed by atoms with van der Waals surface area (Å²) in [5.74, 6) is -0.519. The Morgan fingerprint density at radius 1 is 1.09 bits per heavy atom. The van der Waals surface area contributed by atoms with Crippen molar-refractivity contribution < 1.29 is 14.5 Å². The van der Waals surface area contributed by atoms with Crippen molar-refractivity contribution in [3.63, 3.8) is 0 Å². The summed E-state index contributed by atoms with van der Waals surface area (Å²) in [6.07, 6.45) is 0. The molecule has 1 amide bonds. The maximum atomic E-state index is 13.4. The maximum Gasteiger partial charge on any atom is 0.270 e. The van der Waals surface area contributed by atoms with E-state index in [2.05, 4.69) is 10.3 Å². The molecule has 1 aliphatic rings. The van der Waals surface area contributed by atoms with Crippen LogP contribution in [-0.4, -0.2) is 42.1 Å². The van der Waals surface area contributed by atoms with Gasteiger partial charge in [-0.15, -0.1) is 11.3 Å². The van der Waals surface area contributed by atoms with Gasteiger partial charge < -0.3 is 15.0 Å². The number of rotatable bonds is 5. The Labute approximate surface area is 214 Å². The maximum absolute atomic E-state index is 13.4. The van der Waals surface area contributed by atoms with Gasteiger partial charge in [-0.25, -0.2) is 4.98 Å². The van der Waals surface area contributed by atoms with Crippen LogP contribution in [-0.2, 0) is 4.74 Å². The number of carbonyl (C=O) groups excluding carboxylic acids is 1. The number of nitro groups is 1. The molecule has 0 aliphatic carbocycles. The standard InChI is InChI=1S/C24H18Cl2N4O4S/c25-17-13-18(26)20(12-15(17)24-28-19-3-1-2-4-22(19)35-24)27-23(31)16-11-14(30(32)33)5-6-21(16)29-7-9-34-10-8-29/h1-6,11-13H,7-10H2,(H,27,31). The van der Waals surface area contributed by atoms with Gasteiger partial charge in [-0.2, -0.15) is 0 Å². The van der Waals surface area contributed by atoms with Gasteiger partial charge in [-0.1, -0.05) is 35.3 Å². The highest BCUT2D eigenvalue weighted by atomic mass is 35.5. The number of halogens is 2. The molecule has 0 unspecified atom stereocenters. The second-order valence-electron chi connectivity index (χ2n) is 7.81. The Hall–Kier alpha value is -3.24. The first-order valence-electron chi connectivity index (χ1n) is 10.7. The Bertz CT molecular complexity index is 1420. The number of nitro benzene ring substituents is 1. The molecule has 1 aliphatic heterocycles. The summed E-state index contributed by atoms with van der Waals surface area (Å²) in [5.41, 5.74) is 2.39. The SMILES string of the molecule is O=C(Nc1cc(-c2nc3ccccc3s2)c(Cl)cc1Cl)c1cc([N+](=O)[O-])ccc1N1CCOCC1. The lowest BCUT2D eigenvalue weighted by Gasteiger charge is -2.30. The van der Waals surface area contributed by atoms with Gasteiger partial charge in [0.1, 0.15) is 5.01 Å². The van der Waals surface area contributed by atoms with Crippen LogP contribution in [0.15, 0.2) is 54.6 Å². The Morgan fingerprint density at radius 2 is 1.86 bits per heavy atom. The molecule has 0 radical (unpaired) electrons. The number of nitrogens with zero attached hydrogens (tertiary/aromatic N) is 3. The largest absolute Gasteiger partial charge is 0.378 e. The van der Waals surface area contributed by atoms with Crippen molar-refractivity contribution in [3.05, 3.63) is 80.3 Å². The zero-order chi connectivity index (χ0) is 24.5. The number of hydrogen-bond donors (Lipinski definition) is 1. The molecule has 5 rings (SSSR count). The number of ether oxygens (including phenoxy) is 1. The summed E-state index contributed by atoms with van der Waals surface area (Å²) in [6, 6.07) is 15.2. The second-order valence-corrected chi connectivity index (χ2v) is 9.66. The molecule has 3 aromatic carbocycles. The minimum Gasteiger partial charge on any atom is -0.378 e. The van der Waals surface area contributed by atoms with Crippen molar-refractivity contribution in [2.24, 2.45) is 0 Å². The van der Waals surface area contributed by atoms with Gasteiger partial charge in [-0.05, 0) is 30.3 Å². The van der Waals surface area contributed by atoms with Gasteiger partial charge in [0.25, 0.3) is 11.6 Å². The molecule has 2 heterocycles. The molecule has 1 aromatic heterocycles.